The van der Waals surface area contributed by atoms with Crippen LogP contribution >= 0.6 is 0 Å². The molecule has 0 aromatic heterocycles. The van der Waals surface area contributed by atoms with E-state index in [2.05, 4.69) is 4.90 Å². The molecule has 0 radical (unpaired) electrons. The molecular weight excluding hydrogens is 362 g/mol. The first-order valence-electron chi connectivity index (χ1n) is 9.91. The normalized spacial score (nSPS) is 22.5. The summed E-state index contributed by atoms with van der Waals surface area (Å²) in [5.74, 6) is 0.0650. The van der Waals surface area contributed by atoms with Crippen LogP contribution in [0.1, 0.15) is 38.7 Å². The van der Waals surface area contributed by atoms with Crippen molar-refractivity contribution in [3.05, 3.63) is 29.8 Å². The Morgan fingerprint density at radius 2 is 1.67 bits per heavy atom. The van der Waals surface area contributed by atoms with Crippen LogP contribution in [0, 0.1) is 12.8 Å². The van der Waals surface area contributed by atoms with E-state index >= 15 is 0 Å². The molecule has 0 saturated carbocycles. The van der Waals surface area contributed by atoms with Crippen LogP contribution < -0.4 is 0 Å². The van der Waals surface area contributed by atoms with Crippen molar-refractivity contribution >= 4 is 15.9 Å². The summed E-state index contributed by atoms with van der Waals surface area (Å²) in [6.07, 6.45) is 3.07. The molecule has 1 aromatic rings. The summed E-state index contributed by atoms with van der Waals surface area (Å²) >= 11 is 0. The lowest BCUT2D eigenvalue weighted by atomic mass is 10.1. The molecule has 1 atom stereocenters. The van der Waals surface area contributed by atoms with E-state index < -0.39 is 16.2 Å². The standard InChI is InChI=1S/C20H31N3O3S/c1-16(2)20-22(19(24)15-21-11-5-4-6-12-21)13-14-23(20)27(25,26)18-9-7-17(3)8-10-18/h7-10,16,20H,4-6,11-15H2,1-3H3/t20-/m0/s1. The smallest absolute Gasteiger partial charge is 0.244 e. The highest BCUT2D eigenvalue weighted by molar-refractivity contribution is 7.89. The number of hydrogen-bond acceptors (Lipinski definition) is 4. The van der Waals surface area contributed by atoms with Gasteiger partial charge in [0.2, 0.25) is 15.9 Å². The minimum atomic E-state index is -3.62. The topological polar surface area (TPSA) is 60.9 Å². The predicted molar refractivity (Wildman–Crippen MR) is 106 cm³/mol. The Kier molecular flexibility index (Phi) is 6.23. The van der Waals surface area contributed by atoms with E-state index in [-0.39, 0.29) is 11.8 Å². The summed E-state index contributed by atoms with van der Waals surface area (Å²) < 4.78 is 27.9. The van der Waals surface area contributed by atoms with Crippen molar-refractivity contribution in [3.63, 3.8) is 0 Å². The number of carbonyl (C=O) groups excluding carboxylic acids is 1. The SMILES string of the molecule is Cc1ccc(S(=O)(=O)N2CCN(C(=O)CN3CCCCC3)[C@@H]2C(C)C)cc1. The largest absolute Gasteiger partial charge is 0.323 e. The van der Waals surface area contributed by atoms with E-state index in [4.69, 9.17) is 0 Å². The third kappa shape index (κ3) is 4.36. The molecule has 3 rings (SSSR count). The summed E-state index contributed by atoms with van der Waals surface area (Å²) in [5, 5.41) is 0. The summed E-state index contributed by atoms with van der Waals surface area (Å²) in [5.41, 5.74) is 1.02. The van der Waals surface area contributed by atoms with Crippen molar-refractivity contribution < 1.29 is 13.2 Å². The first-order valence-corrected chi connectivity index (χ1v) is 11.3. The van der Waals surface area contributed by atoms with Crippen molar-refractivity contribution in [2.45, 2.75) is 51.1 Å². The van der Waals surface area contributed by atoms with Gasteiger partial charge < -0.3 is 4.90 Å². The van der Waals surface area contributed by atoms with E-state index in [1.165, 1.54) is 10.7 Å². The first-order chi connectivity index (χ1) is 12.8. The van der Waals surface area contributed by atoms with Gasteiger partial charge in [-0.25, -0.2) is 8.42 Å². The molecule has 6 nitrogen and oxygen atoms in total. The Morgan fingerprint density at radius 3 is 2.26 bits per heavy atom. The minimum absolute atomic E-state index is 0.0260. The van der Waals surface area contributed by atoms with Crippen LogP contribution in [-0.4, -0.2) is 67.3 Å². The maximum atomic E-state index is 13.2. The Morgan fingerprint density at radius 1 is 1.04 bits per heavy atom. The van der Waals surface area contributed by atoms with Crippen LogP contribution in [-0.2, 0) is 14.8 Å². The lowest BCUT2D eigenvalue weighted by Gasteiger charge is -2.34. The molecule has 2 aliphatic rings. The molecule has 2 saturated heterocycles. The fourth-order valence-electron chi connectivity index (χ4n) is 4.10. The number of rotatable bonds is 5. The third-order valence-corrected chi connectivity index (χ3v) is 7.41. The van der Waals surface area contributed by atoms with E-state index in [0.717, 1.165) is 31.5 Å². The lowest BCUT2D eigenvalue weighted by Crippen LogP contribution is -2.50. The lowest BCUT2D eigenvalue weighted by molar-refractivity contribution is -0.135. The Bertz CT molecular complexity index is 755. The van der Waals surface area contributed by atoms with Crippen molar-refractivity contribution in [1.29, 1.82) is 0 Å². The van der Waals surface area contributed by atoms with Crippen molar-refractivity contribution in [1.82, 2.24) is 14.1 Å². The van der Waals surface area contributed by atoms with Gasteiger partial charge in [0.15, 0.2) is 0 Å². The average Bonchev–Trinajstić information content (AvgIpc) is 3.09. The van der Waals surface area contributed by atoms with E-state index in [1.54, 1.807) is 17.0 Å². The molecule has 0 spiro atoms. The molecule has 0 bridgehead atoms. The Labute approximate surface area is 163 Å². The molecule has 1 amide bonds. The minimum Gasteiger partial charge on any atom is -0.323 e. The van der Waals surface area contributed by atoms with E-state index in [0.29, 0.717) is 24.5 Å². The van der Waals surface area contributed by atoms with Crippen LogP contribution in [0.3, 0.4) is 0 Å². The molecule has 0 N–H and O–H groups in total. The summed E-state index contributed by atoms with van der Waals surface area (Å²) in [7, 11) is -3.62. The van der Waals surface area contributed by atoms with Gasteiger partial charge in [-0.05, 0) is 50.9 Å². The van der Waals surface area contributed by atoms with Crippen LogP contribution in [0.4, 0.5) is 0 Å². The van der Waals surface area contributed by atoms with Crippen LogP contribution in [0.15, 0.2) is 29.2 Å². The number of hydrogen-bond donors (Lipinski definition) is 0. The third-order valence-electron chi connectivity index (χ3n) is 5.53. The molecule has 2 fully saturated rings. The fourth-order valence-corrected chi connectivity index (χ4v) is 5.81. The summed E-state index contributed by atoms with van der Waals surface area (Å²) in [6.45, 7) is 9.01. The van der Waals surface area contributed by atoms with Gasteiger partial charge in [-0.2, -0.15) is 4.31 Å². The second kappa shape index (κ2) is 8.29. The van der Waals surface area contributed by atoms with Crippen LogP contribution in [0.25, 0.3) is 0 Å². The molecule has 2 heterocycles. The van der Waals surface area contributed by atoms with Gasteiger partial charge in [0, 0.05) is 13.1 Å². The van der Waals surface area contributed by atoms with Gasteiger partial charge in [0.1, 0.15) is 6.17 Å². The van der Waals surface area contributed by atoms with Crippen molar-refractivity contribution in [2.24, 2.45) is 5.92 Å². The summed E-state index contributed by atoms with van der Waals surface area (Å²) in [4.78, 5) is 17.2. The molecule has 27 heavy (non-hydrogen) atoms. The second-order valence-electron chi connectivity index (χ2n) is 8.01. The van der Waals surface area contributed by atoms with Crippen LogP contribution in [0.2, 0.25) is 0 Å². The molecule has 1 aromatic carbocycles. The molecule has 0 aliphatic carbocycles. The monoisotopic (exact) mass is 393 g/mol. The number of amides is 1. The van der Waals surface area contributed by atoms with Crippen molar-refractivity contribution in [3.8, 4) is 0 Å². The summed E-state index contributed by atoms with van der Waals surface area (Å²) in [6, 6.07) is 6.93. The highest BCUT2D eigenvalue weighted by Gasteiger charge is 2.43. The molecule has 0 unspecified atom stereocenters. The van der Waals surface area contributed by atoms with Gasteiger partial charge >= 0.3 is 0 Å². The number of sulfonamides is 1. The second-order valence-corrected chi connectivity index (χ2v) is 9.90. The fraction of sp³-hybridized carbons (Fsp3) is 0.650. The molecular formula is C20H31N3O3S. The zero-order chi connectivity index (χ0) is 19.6. The molecule has 7 heteroatoms. The van der Waals surface area contributed by atoms with Crippen LogP contribution in [0.5, 0.6) is 0 Å². The zero-order valence-corrected chi connectivity index (χ0v) is 17.4. The van der Waals surface area contributed by atoms with Gasteiger partial charge in [-0.15, -0.1) is 0 Å². The molecule has 2 aliphatic heterocycles. The van der Waals surface area contributed by atoms with Gasteiger partial charge in [-0.3, -0.25) is 9.69 Å². The van der Waals surface area contributed by atoms with Gasteiger partial charge in [-0.1, -0.05) is 38.0 Å². The first kappa shape index (κ1) is 20.3. The van der Waals surface area contributed by atoms with Gasteiger partial charge in [0.25, 0.3) is 0 Å². The number of likely N-dealkylation sites (tertiary alicyclic amines) is 1. The number of carbonyl (C=O) groups is 1. The molecule has 150 valence electrons. The number of nitrogens with zero attached hydrogens (tertiary/aromatic N) is 3. The van der Waals surface area contributed by atoms with E-state index in [9.17, 15) is 13.2 Å². The quantitative estimate of drug-likeness (QED) is 0.770. The zero-order valence-electron chi connectivity index (χ0n) is 16.6. The highest BCUT2D eigenvalue weighted by atomic mass is 32.2. The average molecular weight is 394 g/mol. The number of piperidine rings is 1. The Balaban J connectivity index is 1.79. The maximum absolute atomic E-state index is 13.2. The van der Waals surface area contributed by atoms with E-state index in [1.807, 2.05) is 32.9 Å². The number of aryl methyl sites for hydroxylation is 1. The van der Waals surface area contributed by atoms with Crippen molar-refractivity contribution in [2.75, 3.05) is 32.7 Å². The predicted octanol–water partition coefficient (Wildman–Crippen LogP) is 2.30. The Hall–Kier alpha value is -1.44. The van der Waals surface area contributed by atoms with Gasteiger partial charge in [0.05, 0.1) is 11.4 Å². The maximum Gasteiger partial charge on any atom is 0.244 e. The number of benzene rings is 1. The highest BCUT2D eigenvalue weighted by Crippen LogP contribution is 2.29.